The second-order valence-electron chi connectivity index (χ2n) is 2.00. The normalized spacial score (nSPS) is 11.8. The Bertz CT molecular complexity index is 185. The van der Waals surface area contributed by atoms with Crippen LogP contribution in [0.15, 0.2) is 0 Å². The molecule has 11 heavy (non-hydrogen) atoms. The smallest absolute Gasteiger partial charge is 0.323 e. The van der Waals surface area contributed by atoms with Crippen LogP contribution in [0, 0.1) is 5.92 Å². The summed E-state index contributed by atoms with van der Waals surface area (Å²) in [6.45, 7) is 1.06. The van der Waals surface area contributed by atoms with Gasteiger partial charge in [-0.1, -0.05) is 0 Å². The van der Waals surface area contributed by atoms with Crippen LogP contribution in [-0.4, -0.2) is 29.8 Å². The van der Waals surface area contributed by atoms with Crippen molar-refractivity contribution in [3.8, 4) is 0 Å². The number of hydrogen-bond donors (Lipinski definition) is 2. The summed E-state index contributed by atoms with van der Waals surface area (Å²) in [6, 6.07) is 0. The van der Waals surface area contributed by atoms with Gasteiger partial charge in [0.15, 0.2) is 11.7 Å². The van der Waals surface area contributed by atoms with E-state index in [4.69, 9.17) is 5.11 Å². The second kappa shape index (κ2) is 3.70. The molecule has 0 heterocycles. The zero-order valence-electron chi connectivity index (χ0n) is 6.25. The van der Waals surface area contributed by atoms with E-state index in [1.165, 1.54) is 7.05 Å². The maximum atomic E-state index is 10.7. The highest BCUT2D eigenvalue weighted by Crippen LogP contribution is 1.97. The van der Waals surface area contributed by atoms with Crippen molar-refractivity contribution in [2.45, 2.75) is 6.92 Å². The van der Waals surface area contributed by atoms with Gasteiger partial charge < -0.3 is 10.4 Å². The molecule has 0 aromatic heterocycles. The predicted octanol–water partition coefficient (Wildman–Crippen LogP) is -0.978. The Kier molecular flexibility index (Phi) is 3.23. The van der Waals surface area contributed by atoms with Gasteiger partial charge in [-0.25, -0.2) is 0 Å². The standard InChI is InChI=1S/C6H9NO4/c1-3(8)4(6(10)11)5(9)7-2/h4H,1-2H3,(H,7,9)(H,10,11). The summed E-state index contributed by atoms with van der Waals surface area (Å²) in [5, 5.41) is 10.5. The van der Waals surface area contributed by atoms with Crippen LogP contribution in [0.25, 0.3) is 0 Å². The number of aliphatic carboxylic acids is 1. The van der Waals surface area contributed by atoms with Crippen molar-refractivity contribution in [1.82, 2.24) is 5.32 Å². The second-order valence-corrected chi connectivity index (χ2v) is 2.00. The number of carboxylic acid groups (broad SMARTS) is 1. The van der Waals surface area contributed by atoms with Crippen molar-refractivity contribution in [1.29, 1.82) is 0 Å². The predicted molar refractivity (Wildman–Crippen MR) is 35.9 cm³/mol. The van der Waals surface area contributed by atoms with Gasteiger partial charge in [0.25, 0.3) is 0 Å². The van der Waals surface area contributed by atoms with Crippen molar-refractivity contribution >= 4 is 17.7 Å². The number of carbonyl (C=O) groups is 3. The molecule has 5 nitrogen and oxygen atoms in total. The van der Waals surface area contributed by atoms with Crippen molar-refractivity contribution < 1.29 is 19.5 Å². The van der Waals surface area contributed by atoms with Gasteiger partial charge in [-0.05, 0) is 6.92 Å². The Balaban J connectivity index is 4.47. The van der Waals surface area contributed by atoms with E-state index in [0.717, 1.165) is 6.92 Å². The van der Waals surface area contributed by atoms with Gasteiger partial charge in [0.2, 0.25) is 5.91 Å². The van der Waals surface area contributed by atoms with E-state index in [2.05, 4.69) is 5.32 Å². The highest BCUT2D eigenvalue weighted by Gasteiger charge is 2.29. The van der Waals surface area contributed by atoms with Crippen LogP contribution in [-0.2, 0) is 14.4 Å². The van der Waals surface area contributed by atoms with E-state index in [0.29, 0.717) is 0 Å². The van der Waals surface area contributed by atoms with Gasteiger partial charge in [0.05, 0.1) is 0 Å². The Labute approximate surface area is 63.4 Å². The molecule has 62 valence electrons. The first kappa shape index (κ1) is 9.61. The number of ketones is 1. The highest BCUT2D eigenvalue weighted by atomic mass is 16.4. The fourth-order valence-electron chi connectivity index (χ4n) is 0.615. The van der Waals surface area contributed by atoms with Gasteiger partial charge in [0, 0.05) is 7.05 Å². The van der Waals surface area contributed by atoms with Crippen LogP contribution >= 0.6 is 0 Å². The van der Waals surface area contributed by atoms with Crippen LogP contribution in [0.4, 0.5) is 0 Å². The van der Waals surface area contributed by atoms with E-state index in [-0.39, 0.29) is 0 Å². The number of amides is 1. The fourth-order valence-corrected chi connectivity index (χ4v) is 0.615. The van der Waals surface area contributed by atoms with Gasteiger partial charge in [0.1, 0.15) is 0 Å². The minimum atomic E-state index is -1.57. The molecule has 0 aliphatic rings. The van der Waals surface area contributed by atoms with E-state index >= 15 is 0 Å². The molecule has 0 saturated heterocycles. The third kappa shape index (κ3) is 2.37. The SMILES string of the molecule is CNC(=O)C(C(C)=O)C(=O)O. The highest BCUT2D eigenvalue weighted by molar-refractivity contribution is 6.15. The van der Waals surface area contributed by atoms with Crippen molar-refractivity contribution in [2.75, 3.05) is 7.05 Å². The largest absolute Gasteiger partial charge is 0.480 e. The quantitative estimate of drug-likeness (QED) is 0.518. The molecule has 5 heteroatoms. The summed E-state index contributed by atoms with van der Waals surface area (Å²) in [6.07, 6.45) is 0. The Hall–Kier alpha value is -1.39. The molecule has 0 rings (SSSR count). The monoisotopic (exact) mass is 159 g/mol. The molecule has 2 N–H and O–H groups in total. The number of carbonyl (C=O) groups excluding carboxylic acids is 2. The lowest BCUT2D eigenvalue weighted by molar-refractivity contribution is -0.150. The molecule has 0 fully saturated rings. The van der Waals surface area contributed by atoms with Crippen molar-refractivity contribution in [3.05, 3.63) is 0 Å². The zero-order valence-corrected chi connectivity index (χ0v) is 6.25. The minimum absolute atomic E-state index is 0.670. The molecule has 1 unspecified atom stereocenters. The van der Waals surface area contributed by atoms with E-state index in [1.54, 1.807) is 0 Å². The first-order chi connectivity index (χ1) is 5.00. The molecule has 1 atom stereocenters. The van der Waals surface area contributed by atoms with Crippen LogP contribution in [0.2, 0.25) is 0 Å². The van der Waals surface area contributed by atoms with Crippen LogP contribution in [0.1, 0.15) is 6.92 Å². The van der Waals surface area contributed by atoms with E-state index in [1.807, 2.05) is 0 Å². The van der Waals surface area contributed by atoms with E-state index < -0.39 is 23.6 Å². The summed E-state index contributed by atoms with van der Waals surface area (Å²) in [5.41, 5.74) is 0. The lowest BCUT2D eigenvalue weighted by Crippen LogP contribution is -2.37. The van der Waals surface area contributed by atoms with Crippen LogP contribution < -0.4 is 5.32 Å². The molecule has 0 aliphatic carbocycles. The van der Waals surface area contributed by atoms with Gasteiger partial charge in [-0.15, -0.1) is 0 Å². The lowest BCUT2D eigenvalue weighted by Gasteiger charge is -2.05. The molecule has 0 radical (unpaired) electrons. The number of hydrogen-bond acceptors (Lipinski definition) is 3. The average Bonchev–Trinajstić information content (AvgIpc) is 1.85. The number of nitrogens with one attached hydrogen (secondary N) is 1. The van der Waals surface area contributed by atoms with Gasteiger partial charge in [-0.2, -0.15) is 0 Å². The molecule has 0 aromatic carbocycles. The molecule has 0 bridgehead atoms. The Morgan fingerprint density at radius 3 is 1.91 bits per heavy atom. The van der Waals surface area contributed by atoms with E-state index in [9.17, 15) is 14.4 Å². The van der Waals surface area contributed by atoms with Crippen molar-refractivity contribution in [3.63, 3.8) is 0 Å². The van der Waals surface area contributed by atoms with Crippen molar-refractivity contribution in [2.24, 2.45) is 5.92 Å². The number of rotatable bonds is 3. The summed E-state index contributed by atoms with van der Waals surface area (Å²) in [7, 11) is 1.28. The topological polar surface area (TPSA) is 83.5 Å². The third-order valence-electron chi connectivity index (χ3n) is 1.16. The average molecular weight is 159 g/mol. The van der Waals surface area contributed by atoms with Gasteiger partial charge >= 0.3 is 5.97 Å². The molecule has 0 saturated carbocycles. The molecular weight excluding hydrogens is 150 g/mol. The summed E-state index contributed by atoms with van der Waals surface area (Å²) >= 11 is 0. The van der Waals surface area contributed by atoms with Crippen LogP contribution in [0.3, 0.4) is 0 Å². The molecule has 0 spiro atoms. The third-order valence-corrected chi connectivity index (χ3v) is 1.16. The zero-order chi connectivity index (χ0) is 9.02. The summed E-state index contributed by atoms with van der Waals surface area (Å²) in [4.78, 5) is 31.5. The number of carboxylic acids is 1. The first-order valence-electron chi connectivity index (χ1n) is 2.95. The molecule has 1 amide bonds. The fraction of sp³-hybridized carbons (Fsp3) is 0.500. The molecule has 0 aliphatic heterocycles. The molecular formula is C6H9NO4. The summed E-state index contributed by atoms with van der Waals surface area (Å²) in [5.74, 6) is -4.45. The Morgan fingerprint density at radius 1 is 1.36 bits per heavy atom. The Morgan fingerprint density at radius 2 is 1.82 bits per heavy atom. The van der Waals surface area contributed by atoms with Crippen LogP contribution in [0.5, 0.6) is 0 Å². The lowest BCUT2D eigenvalue weighted by atomic mass is 10.1. The maximum Gasteiger partial charge on any atom is 0.323 e. The molecule has 0 aromatic rings. The summed E-state index contributed by atoms with van der Waals surface area (Å²) < 4.78 is 0. The van der Waals surface area contributed by atoms with Gasteiger partial charge in [-0.3, -0.25) is 14.4 Å². The number of Topliss-reactive ketones (excluding diaryl/α,β-unsaturated/α-hetero) is 1. The minimum Gasteiger partial charge on any atom is -0.480 e. The maximum absolute atomic E-state index is 10.7. The first-order valence-corrected chi connectivity index (χ1v) is 2.95.